The van der Waals surface area contributed by atoms with Crippen molar-refractivity contribution < 1.29 is 24.2 Å². The van der Waals surface area contributed by atoms with Gasteiger partial charge in [0.25, 0.3) is 0 Å². The fourth-order valence-corrected chi connectivity index (χ4v) is 5.10. The Hall–Kier alpha value is -1.76. The molecule has 1 heterocycles. The van der Waals surface area contributed by atoms with Gasteiger partial charge in [0, 0.05) is 19.4 Å². The number of cyclic esters (lactones) is 1. The summed E-state index contributed by atoms with van der Waals surface area (Å²) in [5, 5.41) is 9.20. The summed E-state index contributed by atoms with van der Waals surface area (Å²) < 4.78 is 10.4. The zero-order chi connectivity index (χ0) is 28.4. The van der Waals surface area contributed by atoms with Crippen molar-refractivity contribution >= 4 is 12.1 Å². The van der Waals surface area contributed by atoms with Gasteiger partial charge in [0.2, 0.25) is 0 Å². The van der Waals surface area contributed by atoms with E-state index in [-0.39, 0.29) is 12.1 Å². The summed E-state index contributed by atoms with van der Waals surface area (Å²) in [6.45, 7) is 11.6. The van der Waals surface area contributed by atoms with E-state index in [9.17, 15) is 14.7 Å². The van der Waals surface area contributed by atoms with Crippen LogP contribution < -0.4 is 0 Å². The third-order valence-corrected chi connectivity index (χ3v) is 7.55. The van der Waals surface area contributed by atoms with Crippen LogP contribution in [0, 0.1) is 0 Å². The van der Waals surface area contributed by atoms with Gasteiger partial charge in [-0.1, -0.05) is 90.6 Å². The van der Waals surface area contributed by atoms with Crippen LogP contribution in [0.15, 0.2) is 12.3 Å². The van der Waals surface area contributed by atoms with Crippen molar-refractivity contribution in [1.29, 1.82) is 0 Å². The number of aliphatic hydroxyl groups excluding tert-OH is 1. The zero-order valence-electron chi connectivity index (χ0n) is 25.3. The van der Waals surface area contributed by atoms with Gasteiger partial charge in [-0.05, 0) is 58.2 Å². The first-order valence-electron chi connectivity index (χ1n) is 16.2. The van der Waals surface area contributed by atoms with E-state index in [0.717, 1.165) is 71.1 Å². The molecule has 228 valence electrons. The van der Waals surface area contributed by atoms with Crippen LogP contribution >= 0.6 is 0 Å². The third-order valence-electron chi connectivity index (χ3n) is 7.55. The summed E-state index contributed by atoms with van der Waals surface area (Å²) in [6.07, 6.45) is 22.0. The second-order valence-electron chi connectivity index (χ2n) is 11.2. The minimum atomic E-state index is -0.172. The highest BCUT2D eigenvalue weighted by atomic mass is 16.6. The van der Waals surface area contributed by atoms with E-state index < -0.39 is 0 Å². The summed E-state index contributed by atoms with van der Waals surface area (Å²) in [5.41, 5.74) is 0. The van der Waals surface area contributed by atoms with E-state index in [1.807, 2.05) is 4.90 Å². The number of hydrogen-bond donors (Lipinski definition) is 1. The summed E-state index contributed by atoms with van der Waals surface area (Å²) in [7, 11) is 0. The fraction of sp³-hybridized carbons (Fsp3) is 0.875. The Bertz CT molecular complexity index is 628. The molecule has 0 aromatic carbocycles. The van der Waals surface area contributed by atoms with Crippen LogP contribution in [0.4, 0.5) is 4.79 Å². The lowest BCUT2D eigenvalue weighted by atomic mass is 10.1. The maximum Gasteiger partial charge on any atom is 0.409 e. The van der Waals surface area contributed by atoms with Crippen molar-refractivity contribution in [2.45, 2.75) is 135 Å². The summed E-state index contributed by atoms with van der Waals surface area (Å²) in [6, 6.07) is 0. The van der Waals surface area contributed by atoms with E-state index in [1.165, 1.54) is 70.6 Å². The molecule has 1 N–H and O–H groups in total. The second-order valence-corrected chi connectivity index (χ2v) is 11.2. The second kappa shape index (κ2) is 25.2. The molecule has 1 aliphatic rings. The standard InChI is InChI=1S/C32H60N2O5/c1-3-4-5-6-7-14-19-28-38-31(36)22-16-11-9-13-18-24-33(23-17-12-8-10-15-21-30(2)35)25-20-26-34-27-29-39-32(34)37/h35H,2-29H2,1H3. The van der Waals surface area contributed by atoms with Crippen LogP contribution in [0.25, 0.3) is 0 Å². The number of rotatable bonds is 28. The molecule has 7 nitrogen and oxygen atoms in total. The van der Waals surface area contributed by atoms with Gasteiger partial charge in [-0.25, -0.2) is 4.79 Å². The molecular weight excluding hydrogens is 492 g/mol. The SMILES string of the molecule is C=C(O)CCCCCCCN(CCCCCCCC(=O)OCCCCCCCCC)CCCN1CCOC1=O. The van der Waals surface area contributed by atoms with Crippen LogP contribution in [0.5, 0.6) is 0 Å². The molecule has 0 radical (unpaired) electrons. The van der Waals surface area contributed by atoms with E-state index in [0.29, 0.717) is 38.4 Å². The molecule has 0 aromatic heterocycles. The van der Waals surface area contributed by atoms with Crippen LogP contribution in [0.2, 0.25) is 0 Å². The third kappa shape index (κ3) is 21.7. The van der Waals surface area contributed by atoms with Gasteiger partial charge in [-0.2, -0.15) is 0 Å². The van der Waals surface area contributed by atoms with Crippen molar-refractivity contribution in [3.63, 3.8) is 0 Å². The van der Waals surface area contributed by atoms with E-state index in [2.05, 4.69) is 18.4 Å². The molecule has 0 saturated carbocycles. The smallest absolute Gasteiger partial charge is 0.409 e. The Morgan fingerprint density at radius 2 is 1.36 bits per heavy atom. The largest absolute Gasteiger partial charge is 0.513 e. The average molecular weight is 553 g/mol. The van der Waals surface area contributed by atoms with Gasteiger partial charge in [0.15, 0.2) is 0 Å². The van der Waals surface area contributed by atoms with Crippen LogP contribution in [0.1, 0.15) is 135 Å². The Kier molecular flexibility index (Phi) is 22.8. The van der Waals surface area contributed by atoms with Crippen LogP contribution in [0.3, 0.4) is 0 Å². The molecule has 0 aliphatic carbocycles. The van der Waals surface area contributed by atoms with Gasteiger partial charge in [-0.15, -0.1) is 0 Å². The van der Waals surface area contributed by atoms with Crippen LogP contribution in [-0.2, 0) is 14.3 Å². The van der Waals surface area contributed by atoms with Crippen molar-refractivity contribution in [2.75, 3.05) is 45.9 Å². The van der Waals surface area contributed by atoms with E-state index in [1.54, 1.807) is 0 Å². The number of hydrogen-bond acceptors (Lipinski definition) is 6. The van der Waals surface area contributed by atoms with Crippen LogP contribution in [-0.4, -0.2) is 72.9 Å². The Labute approximate surface area is 239 Å². The molecule has 1 amide bonds. The number of nitrogens with zero attached hydrogens (tertiary/aromatic N) is 2. The summed E-state index contributed by atoms with van der Waals surface area (Å²) in [5.74, 6) is 0.261. The van der Waals surface area contributed by atoms with Gasteiger partial charge in [0.1, 0.15) is 6.61 Å². The first kappa shape index (κ1) is 35.3. The molecule has 1 aliphatic heterocycles. The minimum Gasteiger partial charge on any atom is -0.513 e. The molecule has 0 unspecified atom stereocenters. The number of allylic oxidation sites excluding steroid dienone is 1. The molecule has 0 aromatic rings. The van der Waals surface area contributed by atoms with Gasteiger partial charge >= 0.3 is 12.1 Å². The number of aliphatic hydroxyl groups is 1. The van der Waals surface area contributed by atoms with Crippen molar-refractivity contribution in [1.82, 2.24) is 9.80 Å². The maximum absolute atomic E-state index is 11.9. The van der Waals surface area contributed by atoms with E-state index >= 15 is 0 Å². The van der Waals surface area contributed by atoms with E-state index in [4.69, 9.17) is 9.47 Å². The zero-order valence-corrected chi connectivity index (χ0v) is 25.3. The lowest BCUT2D eigenvalue weighted by Crippen LogP contribution is -2.32. The molecule has 0 spiro atoms. The monoisotopic (exact) mass is 552 g/mol. The molecule has 7 heteroatoms. The van der Waals surface area contributed by atoms with Crippen molar-refractivity contribution in [3.05, 3.63) is 12.3 Å². The number of ether oxygens (including phenoxy) is 2. The highest BCUT2D eigenvalue weighted by Crippen LogP contribution is 2.12. The van der Waals surface area contributed by atoms with Crippen molar-refractivity contribution in [2.24, 2.45) is 0 Å². The number of unbranched alkanes of at least 4 members (excludes halogenated alkanes) is 14. The normalized spacial score (nSPS) is 13.3. The first-order chi connectivity index (χ1) is 19.0. The maximum atomic E-state index is 11.9. The highest BCUT2D eigenvalue weighted by molar-refractivity contribution is 5.69. The first-order valence-corrected chi connectivity index (χ1v) is 16.2. The molecule has 39 heavy (non-hydrogen) atoms. The predicted octanol–water partition coefficient (Wildman–Crippen LogP) is 8.18. The lowest BCUT2D eigenvalue weighted by molar-refractivity contribution is -0.143. The average Bonchev–Trinajstić information content (AvgIpc) is 3.32. The number of amides is 1. The summed E-state index contributed by atoms with van der Waals surface area (Å²) in [4.78, 5) is 28.0. The lowest BCUT2D eigenvalue weighted by Gasteiger charge is -2.23. The quantitative estimate of drug-likeness (QED) is 0.0599. The molecule has 1 rings (SSSR count). The highest BCUT2D eigenvalue weighted by Gasteiger charge is 2.21. The van der Waals surface area contributed by atoms with Gasteiger partial charge < -0.3 is 24.4 Å². The molecule has 1 saturated heterocycles. The predicted molar refractivity (Wildman–Crippen MR) is 160 cm³/mol. The molecule has 0 atom stereocenters. The number of carbonyl (C=O) groups is 2. The van der Waals surface area contributed by atoms with Gasteiger partial charge in [0.05, 0.1) is 18.9 Å². The molecular formula is C32H60N2O5. The Morgan fingerprint density at radius 3 is 1.95 bits per heavy atom. The minimum absolute atomic E-state index is 0.0321. The summed E-state index contributed by atoms with van der Waals surface area (Å²) >= 11 is 0. The Morgan fingerprint density at radius 1 is 0.821 bits per heavy atom. The van der Waals surface area contributed by atoms with Crippen molar-refractivity contribution in [3.8, 4) is 0 Å². The topological polar surface area (TPSA) is 79.3 Å². The molecule has 1 fully saturated rings. The number of carbonyl (C=O) groups excluding carboxylic acids is 2. The molecule has 0 bridgehead atoms. The fourth-order valence-electron chi connectivity index (χ4n) is 5.10. The number of esters is 1. The Balaban J connectivity index is 2.09. The van der Waals surface area contributed by atoms with Gasteiger partial charge in [-0.3, -0.25) is 4.79 Å².